The maximum absolute atomic E-state index is 10.3. The average molecular weight is 376 g/mol. The minimum atomic E-state index is -1.81. The van der Waals surface area contributed by atoms with Crippen LogP contribution >= 0.6 is 0 Å². The van der Waals surface area contributed by atoms with Crippen molar-refractivity contribution in [2.24, 2.45) is 22.7 Å². The number of nitriles is 3. The first-order valence-corrected chi connectivity index (χ1v) is 9.62. The van der Waals surface area contributed by atoms with Gasteiger partial charge in [0.15, 0.2) is 10.8 Å². The zero-order chi connectivity index (χ0) is 20.6. The molecule has 2 aliphatic heterocycles. The summed E-state index contributed by atoms with van der Waals surface area (Å²) in [6.45, 7) is 5.67. The van der Waals surface area contributed by atoms with Gasteiger partial charge in [-0.15, -0.1) is 0 Å². The number of hydrogen-bond acceptors (Lipinski definition) is 6. The third kappa shape index (κ3) is 2.37. The molecular weight excluding hydrogens is 352 g/mol. The molecule has 4 unspecified atom stereocenters. The highest BCUT2D eigenvalue weighted by atomic mass is 16.7. The molecule has 0 saturated carbocycles. The fraction of sp³-hybridized carbons (Fsp3) is 0.545. The molecule has 144 valence electrons. The second-order valence-electron chi connectivity index (χ2n) is 7.76. The van der Waals surface area contributed by atoms with Crippen molar-refractivity contribution in [3.05, 3.63) is 35.9 Å². The van der Waals surface area contributed by atoms with Crippen LogP contribution in [0.2, 0.25) is 0 Å². The summed E-state index contributed by atoms with van der Waals surface area (Å²) in [4.78, 5) is 0. The van der Waals surface area contributed by atoms with Crippen LogP contribution in [0, 0.1) is 62.1 Å². The predicted molar refractivity (Wildman–Crippen MR) is 102 cm³/mol. The number of hydrogen-bond donors (Lipinski definition) is 1. The van der Waals surface area contributed by atoms with Gasteiger partial charge in [-0.05, 0) is 17.9 Å². The molecule has 1 N–H and O–H groups in total. The molecule has 2 aliphatic rings. The first-order valence-electron chi connectivity index (χ1n) is 9.62. The Labute approximate surface area is 165 Å². The monoisotopic (exact) mass is 376 g/mol. The SMILES string of the molecule is CCC(CC)C1OC2(C)OC(=N)C(C#N)(C2Cc2ccccc2)C1(C#N)C#N. The van der Waals surface area contributed by atoms with Crippen LogP contribution < -0.4 is 0 Å². The lowest BCUT2D eigenvalue weighted by Crippen LogP contribution is -2.64. The van der Waals surface area contributed by atoms with Gasteiger partial charge >= 0.3 is 0 Å². The van der Waals surface area contributed by atoms with Crippen LogP contribution in [0.15, 0.2) is 30.3 Å². The third-order valence-electron chi connectivity index (χ3n) is 6.52. The highest BCUT2D eigenvalue weighted by Crippen LogP contribution is 2.64. The van der Waals surface area contributed by atoms with Gasteiger partial charge in [0, 0.05) is 6.92 Å². The van der Waals surface area contributed by atoms with Crippen LogP contribution in [-0.2, 0) is 15.9 Å². The van der Waals surface area contributed by atoms with Gasteiger partial charge in [-0.1, -0.05) is 57.0 Å². The van der Waals surface area contributed by atoms with E-state index in [1.54, 1.807) is 6.92 Å². The molecule has 0 spiro atoms. The van der Waals surface area contributed by atoms with E-state index in [0.717, 1.165) is 5.56 Å². The van der Waals surface area contributed by atoms with Crippen LogP contribution in [0.5, 0.6) is 0 Å². The van der Waals surface area contributed by atoms with Crippen molar-refractivity contribution in [2.45, 2.75) is 51.9 Å². The van der Waals surface area contributed by atoms with E-state index >= 15 is 0 Å². The lowest BCUT2D eigenvalue weighted by Gasteiger charge is -2.50. The molecule has 6 heteroatoms. The molecule has 2 heterocycles. The number of ether oxygens (including phenoxy) is 2. The van der Waals surface area contributed by atoms with Gasteiger partial charge < -0.3 is 9.47 Å². The van der Waals surface area contributed by atoms with Crippen molar-refractivity contribution in [2.75, 3.05) is 0 Å². The van der Waals surface area contributed by atoms with E-state index in [0.29, 0.717) is 19.3 Å². The molecule has 0 aliphatic carbocycles. The summed E-state index contributed by atoms with van der Waals surface area (Å²) in [5.74, 6) is -2.33. The minimum absolute atomic E-state index is 0.0986. The van der Waals surface area contributed by atoms with Gasteiger partial charge in [0.1, 0.15) is 0 Å². The van der Waals surface area contributed by atoms with E-state index in [1.807, 2.05) is 44.2 Å². The van der Waals surface area contributed by atoms with Gasteiger partial charge in [0.2, 0.25) is 11.7 Å². The summed E-state index contributed by atoms with van der Waals surface area (Å²) in [6, 6.07) is 16.0. The molecule has 1 aromatic carbocycles. The number of benzene rings is 1. The Bertz CT molecular complexity index is 876. The highest BCUT2D eigenvalue weighted by Gasteiger charge is 2.79. The van der Waals surface area contributed by atoms with Gasteiger partial charge in [0.05, 0.1) is 30.2 Å². The first kappa shape index (κ1) is 19.9. The molecule has 2 saturated heterocycles. The second-order valence-corrected chi connectivity index (χ2v) is 7.76. The van der Waals surface area contributed by atoms with Gasteiger partial charge in [0.25, 0.3) is 0 Å². The molecule has 0 aromatic heterocycles. The molecule has 4 atom stereocenters. The Balaban J connectivity index is 2.24. The summed E-state index contributed by atoms with van der Waals surface area (Å²) in [7, 11) is 0. The van der Waals surface area contributed by atoms with Gasteiger partial charge in [-0.2, -0.15) is 15.8 Å². The predicted octanol–water partition coefficient (Wildman–Crippen LogP) is 3.95. The summed E-state index contributed by atoms with van der Waals surface area (Å²) in [6.07, 6.45) is 0.951. The topological polar surface area (TPSA) is 114 Å². The summed E-state index contributed by atoms with van der Waals surface area (Å²) in [5.41, 5.74) is -2.57. The number of fused-ring (bicyclic) bond motifs is 2. The number of nitrogens with zero attached hydrogens (tertiary/aromatic N) is 3. The number of rotatable bonds is 5. The van der Waals surface area contributed by atoms with Crippen molar-refractivity contribution in [1.82, 2.24) is 0 Å². The standard InChI is InChI=1S/C22H24N4O2/c1-4-16(5-2)18-21(12-23,13-24)22(14-25)17(11-15-9-7-6-8-10-15)20(3,27-18)28-19(22)26/h6-10,16-18,26H,4-5,11H2,1-3H3. The zero-order valence-electron chi connectivity index (χ0n) is 16.4. The molecule has 1 aromatic rings. The van der Waals surface area contributed by atoms with Crippen LogP contribution in [0.3, 0.4) is 0 Å². The normalized spacial score (nSPS) is 32.8. The molecule has 0 amide bonds. The maximum Gasteiger partial charge on any atom is 0.214 e. The lowest BCUT2D eigenvalue weighted by molar-refractivity contribution is -0.281. The molecular formula is C22H24N4O2. The maximum atomic E-state index is 10.3. The first-order chi connectivity index (χ1) is 13.4. The van der Waals surface area contributed by atoms with E-state index < -0.39 is 28.6 Å². The summed E-state index contributed by atoms with van der Waals surface area (Å²) >= 11 is 0. The Morgan fingerprint density at radius 2 is 1.68 bits per heavy atom. The quantitative estimate of drug-likeness (QED) is 0.836. The van der Waals surface area contributed by atoms with Crippen LogP contribution in [0.25, 0.3) is 0 Å². The molecule has 28 heavy (non-hydrogen) atoms. The van der Waals surface area contributed by atoms with Gasteiger partial charge in [-0.3, -0.25) is 5.41 Å². The lowest BCUT2D eigenvalue weighted by atomic mass is 9.51. The van der Waals surface area contributed by atoms with Crippen molar-refractivity contribution in [3.8, 4) is 18.2 Å². The molecule has 6 nitrogen and oxygen atoms in total. The van der Waals surface area contributed by atoms with Crippen molar-refractivity contribution >= 4 is 5.90 Å². The zero-order valence-corrected chi connectivity index (χ0v) is 16.4. The smallest absolute Gasteiger partial charge is 0.214 e. The Kier molecular flexibility index (Phi) is 4.92. The summed E-state index contributed by atoms with van der Waals surface area (Å²) in [5, 5.41) is 39.2. The Hall–Kier alpha value is -2.88. The average Bonchev–Trinajstić information content (AvgIpc) is 2.87. The van der Waals surface area contributed by atoms with Gasteiger partial charge in [-0.25, -0.2) is 0 Å². The number of nitrogens with one attached hydrogen (secondary N) is 1. The fourth-order valence-electron chi connectivity index (χ4n) is 4.93. The van der Waals surface area contributed by atoms with Crippen molar-refractivity contribution < 1.29 is 9.47 Å². The Morgan fingerprint density at radius 3 is 2.18 bits per heavy atom. The van der Waals surface area contributed by atoms with E-state index in [-0.39, 0.29) is 11.8 Å². The van der Waals surface area contributed by atoms with E-state index in [2.05, 4.69) is 18.2 Å². The van der Waals surface area contributed by atoms with E-state index in [1.165, 1.54) is 0 Å². The third-order valence-corrected chi connectivity index (χ3v) is 6.52. The molecule has 2 bridgehead atoms. The summed E-state index contributed by atoms with van der Waals surface area (Å²) < 4.78 is 12.1. The molecule has 3 rings (SSSR count). The highest BCUT2D eigenvalue weighted by molar-refractivity contribution is 5.89. The van der Waals surface area contributed by atoms with Crippen LogP contribution in [0.4, 0.5) is 0 Å². The fourth-order valence-corrected chi connectivity index (χ4v) is 4.93. The Morgan fingerprint density at radius 1 is 1.07 bits per heavy atom. The van der Waals surface area contributed by atoms with E-state index in [4.69, 9.17) is 14.9 Å². The van der Waals surface area contributed by atoms with E-state index in [9.17, 15) is 15.8 Å². The largest absolute Gasteiger partial charge is 0.448 e. The van der Waals surface area contributed by atoms with Crippen molar-refractivity contribution in [1.29, 1.82) is 21.2 Å². The van der Waals surface area contributed by atoms with Crippen LogP contribution in [0.1, 0.15) is 39.2 Å². The minimum Gasteiger partial charge on any atom is -0.448 e. The van der Waals surface area contributed by atoms with Crippen molar-refractivity contribution in [3.63, 3.8) is 0 Å². The molecule has 0 radical (unpaired) electrons. The second kappa shape index (κ2) is 6.93. The van der Waals surface area contributed by atoms with Crippen LogP contribution in [-0.4, -0.2) is 17.8 Å². The molecule has 2 fully saturated rings.